The van der Waals surface area contributed by atoms with Crippen LogP contribution in [0.3, 0.4) is 0 Å². The molecule has 2 aromatic carbocycles. The molecule has 0 heterocycles. The van der Waals surface area contributed by atoms with Crippen molar-refractivity contribution in [2.75, 3.05) is 19.8 Å². The number of amides is 1. The predicted octanol–water partition coefficient (Wildman–Crippen LogP) is 2.58. The summed E-state index contributed by atoms with van der Waals surface area (Å²) >= 11 is 0. The van der Waals surface area contributed by atoms with Crippen LogP contribution in [0.4, 0.5) is 4.39 Å². The summed E-state index contributed by atoms with van der Waals surface area (Å²) in [7, 11) is 0. The molecular weight excluding hydrogens is 325 g/mol. The number of carbonyl (C=O) groups excluding carboxylic acids is 2. The molecule has 1 amide bonds. The standard InChI is InChI=1S/C19H18FNO4/c20-17-9-5-4-6-15(17)10-11-19(23)25-14-18(22)21-12-13-24-16-7-2-1-3-8-16/h1-11H,12-14H2,(H,21,22)/b11-10+. The number of hydrogen-bond donors (Lipinski definition) is 1. The van der Waals surface area contributed by atoms with Crippen LogP contribution in [0.2, 0.25) is 0 Å². The van der Waals surface area contributed by atoms with Crippen molar-refractivity contribution in [2.45, 2.75) is 0 Å². The first-order valence-electron chi connectivity index (χ1n) is 7.69. The molecule has 6 heteroatoms. The van der Waals surface area contributed by atoms with Gasteiger partial charge in [0.05, 0.1) is 6.54 Å². The highest BCUT2D eigenvalue weighted by Gasteiger charge is 2.05. The molecule has 0 aliphatic heterocycles. The third-order valence-electron chi connectivity index (χ3n) is 3.09. The highest BCUT2D eigenvalue weighted by Crippen LogP contribution is 2.08. The first-order valence-corrected chi connectivity index (χ1v) is 7.69. The topological polar surface area (TPSA) is 64.6 Å². The fourth-order valence-electron chi connectivity index (χ4n) is 1.88. The van der Waals surface area contributed by atoms with Gasteiger partial charge in [0, 0.05) is 11.6 Å². The number of carbonyl (C=O) groups is 2. The average molecular weight is 343 g/mol. The van der Waals surface area contributed by atoms with Gasteiger partial charge in [-0.05, 0) is 24.3 Å². The van der Waals surface area contributed by atoms with Crippen LogP contribution in [0.1, 0.15) is 5.56 Å². The Balaban J connectivity index is 1.62. The molecule has 130 valence electrons. The van der Waals surface area contributed by atoms with Gasteiger partial charge >= 0.3 is 5.97 Å². The molecule has 25 heavy (non-hydrogen) atoms. The van der Waals surface area contributed by atoms with Crippen molar-refractivity contribution in [3.05, 3.63) is 72.1 Å². The van der Waals surface area contributed by atoms with Gasteiger partial charge < -0.3 is 14.8 Å². The van der Waals surface area contributed by atoms with Gasteiger partial charge in [0.25, 0.3) is 5.91 Å². The zero-order valence-corrected chi connectivity index (χ0v) is 13.5. The Hall–Kier alpha value is -3.15. The Kier molecular flexibility index (Phi) is 7.18. The van der Waals surface area contributed by atoms with E-state index in [1.165, 1.54) is 18.2 Å². The van der Waals surface area contributed by atoms with Gasteiger partial charge in [0.1, 0.15) is 18.2 Å². The predicted molar refractivity (Wildman–Crippen MR) is 91.3 cm³/mol. The number of rotatable bonds is 8. The van der Waals surface area contributed by atoms with E-state index in [1.54, 1.807) is 12.1 Å². The van der Waals surface area contributed by atoms with Gasteiger partial charge in [-0.1, -0.05) is 36.4 Å². The van der Waals surface area contributed by atoms with Gasteiger partial charge in [-0.3, -0.25) is 4.79 Å². The summed E-state index contributed by atoms with van der Waals surface area (Å²) in [4.78, 5) is 23.1. The summed E-state index contributed by atoms with van der Waals surface area (Å²) in [5, 5.41) is 2.57. The normalized spacial score (nSPS) is 10.4. The highest BCUT2D eigenvalue weighted by molar-refractivity contribution is 5.89. The molecular formula is C19H18FNO4. The summed E-state index contributed by atoms with van der Waals surface area (Å²) in [6.07, 6.45) is 2.37. The summed E-state index contributed by atoms with van der Waals surface area (Å²) in [5.74, 6) is -0.896. The number of nitrogens with one attached hydrogen (secondary N) is 1. The zero-order valence-electron chi connectivity index (χ0n) is 13.5. The molecule has 0 aromatic heterocycles. The number of halogens is 1. The van der Waals surface area contributed by atoms with E-state index in [1.807, 2.05) is 30.3 Å². The van der Waals surface area contributed by atoms with Crippen LogP contribution < -0.4 is 10.1 Å². The third kappa shape index (κ3) is 6.87. The lowest BCUT2D eigenvalue weighted by Gasteiger charge is -2.07. The van der Waals surface area contributed by atoms with Crippen LogP contribution in [0.25, 0.3) is 6.08 Å². The highest BCUT2D eigenvalue weighted by atomic mass is 19.1. The van der Waals surface area contributed by atoms with Crippen molar-refractivity contribution in [1.82, 2.24) is 5.32 Å². The second kappa shape index (κ2) is 9.87. The van der Waals surface area contributed by atoms with E-state index in [9.17, 15) is 14.0 Å². The maximum absolute atomic E-state index is 13.4. The van der Waals surface area contributed by atoms with E-state index in [0.717, 1.165) is 6.08 Å². The van der Waals surface area contributed by atoms with Gasteiger partial charge in [-0.2, -0.15) is 0 Å². The Morgan fingerprint density at radius 3 is 2.52 bits per heavy atom. The van der Waals surface area contributed by atoms with Crippen molar-refractivity contribution >= 4 is 18.0 Å². The van der Waals surface area contributed by atoms with Crippen LogP contribution in [-0.4, -0.2) is 31.6 Å². The molecule has 1 N–H and O–H groups in total. The minimum atomic E-state index is -0.723. The molecule has 0 atom stereocenters. The number of esters is 1. The molecule has 0 aliphatic rings. The molecule has 5 nitrogen and oxygen atoms in total. The van der Waals surface area contributed by atoms with Crippen molar-refractivity contribution < 1.29 is 23.5 Å². The van der Waals surface area contributed by atoms with Crippen LogP contribution in [0.5, 0.6) is 5.75 Å². The molecule has 0 saturated carbocycles. The average Bonchev–Trinajstić information content (AvgIpc) is 2.64. The largest absolute Gasteiger partial charge is 0.492 e. The van der Waals surface area contributed by atoms with Gasteiger partial charge in [0.15, 0.2) is 6.61 Å². The minimum Gasteiger partial charge on any atom is -0.492 e. The molecule has 0 spiro atoms. The Bertz CT molecular complexity index is 731. The van der Waals surface area contributed by atoms with Crippen molar-refractivity contribution in [3.8, 4) is 5.75 Å². The maximum Gasteiger partial charge on any atom is 0.331 e. The molecule has 0 aliphatic carbocycles. The first kappa shape index (κ1) is 18.2. The lowest BCUT2D eigenvalue weighted by atomic mass is 10.2. The monoisotopic (exact) mass is 343 g/mol. The lowest BCUT2D eigenvalue weighted by molar-refractivity contribution is -0.143. The van der Waals surface area contributed by atoms with Crippen molar-refractivity contribution in [1.29, 1.82) is 0 Å². The van der Waals surface area contributed by atoms with E-state index in [2.05, 4.69) is 5.32 Å². The third-order valence-corrected chi connectivity index (χ3v) is 3.09. The van der Waals surface area contributed by atoms with Gasteiger partial charge in [0.2, 0.25) is 0 Å². The second-order valence-corrected chi connectivity index (χ2v) is 4.97. The fraction of sp³-hybridized carbons (Fsp3) is 0.158. The van der Waals surface area contributed by atoms with Crippen LogP contribution in [-0.2, 0) is 14.3 Å². The SMILES string of the molecule is O=C(COC(=O)/C=C/c1ccccc1F)NCCOc1ccccc1. The maximum atomic E-state index is 13.4. The van der Waals surface area contributed by atoms with Crippen LogP contribution in [0, 0.1) is 5.82 Å². The van der Waals surface area contributed by atoms with Gasteiger partial charge in [-0.25, -0.2) is 9.18 Å². The fourth-order valence-corrected chi connectivity index (χ4v) is 1.88. The minimum absolute atomic E-state index is 0.266. The molecule has 0 fully saturated rings. The van der Waals surface area contributed by atoms with E-state index < -0.39 is 24.3 Å². The Morgan fingerprint density at radius 2 is 1.76 bits per heavy atom. The summed E-state index contributed by atoms with van der Waals surface area (Å²) in [6, 6.07) is 15.2. The summed E-state index contributed by atoms with van der Waals surface area (Å²) < 4.78 is 23.6. The Morgan fingerprint density at radius 1 is 1.04 bits per heavy atom. The van der Waals surface area contributed by atoms with Crippen molar-refractivity contribution in [2.24, 2.45) is 0 Å². The van der Waals surface area contributed by atoms with Crippen molar-refractivity contribution in [3.63, 3.8) is 0 Å². The quantitative estimate of drug-likeness (QED) is 0.455. The van der Waals surface area contributed by atoms with Gasteiger partial charge in [-0.15, -0.1) is 0 Å². The number of ether oxygens (including phenoxy) is 2. The molecule has 0 saturated heterocycles. The van der Waals surface area contributed by atoms with E-state index in [0.29, 0.717) is 12.4 Å². The zero-order chi connectivity index (χ0) is 17.9. The number of benzene rings is 2. The lowest BCUT2D eigenvalue weighted by Crippen LogP contribution is -2.31. The Labute approximate surface area is 145 Å². The summed E-state index contributed by atoms with van der Waals surface area (Å²) in [6.45, 7) is 0.180. The van der Waals surface area contributed by atoms with E-state index in [4.69, 9.17) is 9.47 Å². The van der Waals surface area contributed by atoms with E-state index in [-0.39, 0.29) is 12.1 Å². The van der Waals surface area contributed by atoms with Crippen LogP contribution >= 0.6 is 0 Å². The van der Waals surface area contributed by atoms with E-state index >= 15 is 0 Å². The molecule has 0 radical (unpaired) electrons. The smallest absolute Gasteiger partial charge is 0.331 e. The number of para-hydroxylation sites is 1. The van der Waals surface area contributed by atoms with Crippen LogP contribution in [0.15, 0.2) is 60.7 Å². The molecule has 2 rings (SSSR count). The molecule has 2 aromatic rings. The molecule has 0 bridgehead atoms. The first-order chi connectivity index (χ1) is 12.1. The summed E-state index contributed by atoms with van der Waals surface area (Å²) in [5.41, 5.74) is 0.266. The molecule has 0 unspecified atom stereocenters. The number of hydrogen-bond acceptors (Lipinski definition) is 4. The second-order valence-electron chi connectivity index (χ2n) is 4.97.